The van der Waals surface area contributed by atoms with Gasteiger partial charge in [0, 0.05) is 0 Å². The van der Waals surface area contributed by atoms with Crippen LogP contribution in [0.5, 0.6) is 0 Å². The normalized spacial score (nSPS) is 11.1. The molecule has 0 amide bonds. The molecule has 0 aliphatic heterocycles. The molecule has 1 aromatic carbocycles. The summed E-state index contributed by atoms with van der Waals surface area (Å²) >= 11 is 0. The van der Waals surface area contributed by atoms with Crippen molar-refractivity contribution in [2.75, 3.05) is 14.2 Å². The first kappa shape index (κ1) is 15.1. The van der Waals surface area contributed by atoms with Gasteiger partial charge in [-0.25, -0.2) is 18.0 Å². The number of rotatable bonds is 5. The van der Waals surface area contributed by atoms with E-state index in [9.17, 15) is 18.0 Å². The van der Waals surface area contributed by atoms with E-state index < -0.39 is 28.0 Å². The van der Waals surface area contributed by atoms with E-state index in [1.165, 1.54) is 24.3 Å². The van der Waals surface area contributed by atoms with Crippen molar-refractivity contribution in [2.24, 2.45) is 0 Å². The first-order chi connectivity index (χ1) is 8.92. The van der Waals surface area contributed by atoms with Crippen molar-refractivity contribution in [1.29, 1.82) is 0 Å². The predicted octanol–water partition coefficient (Wildman–Crippen LogP) is -0.321. The van der Waals surface area contributed by atoms with Crippen LogP contribution in [0.4, 0.5) is 0 Å². The predicted molar refractivity (Wildman–Crippen MR) is 64.6 cm³/mol. The van der Waals surface area contributed by atoms with Crippen molar-refractivity contribution in [1.82, 2.24) is 4.72 Å². The number of hydrogen-bond donors (Lipinski definition) is 1. The Bertz CT molecular complexity index is 538. The van der Waals surface area contributed by atoms with Crippen molar-refractivity contribution < 1.29 is 27.5 Å². The monoisotopic (exact) mass is 287 g/mol. The number of sulfonamides is 1. The molecule has 0 spiro atoms. The molecular weight excluding hydrogens is 274 g/mol. The van der Waals surface area contributed by atoms with Gasteiger partial charge in [0.1, 0.15) is 0 Å². The number of benzene rings is 1. The Morgan fingerprint density at radius 1 is 1.05 bits per heavy atom. The highest BCUT2D eigenvalue weighted by molar-refractivity contribution is 7.89. The highest BCUT2D eigenvalue weighted by Gasteiger charge is 2.33. The summed E-state index contributed by atoms with van der Waals surface area (Å²) in [6.45, 7) is 0. The van der Waals surface area contributed by atoms with E-state index in [0.717, 1.165) is 14.2 Å². The molecule has 0 bridgehead atoms. The Morgan fingerprint density at radius 2 is 1.53 bits per heavy atom. The zero-order chi connectivity index (χ0) is 14.5. The molecule has 19 heavy (non-hydrogen) atoms. The fourth-order valence-electron chi connectivity index (χ4n) is 1.25. The largest absolute Gasteiger partial charge is 0.467 e. The van der Waals surface area contributed by atoms with E-state index in [1.54, 1.807) is 6.07 Å². The van der Waals surface area contributed by atoms with Crippen LogP contribution in [-0.4, -0.2) is 40.6 Å². The molecule has 0 heterocycles. The van der Waals surface area contributed by atoms with Crippen LogP contribution >= 0.6 is 0 Å². The molecule has 1 N–H and O–H groups in total. The maximum atomic E-state index is 12.0. The smallest absolute Gasteiger partial charge is 0.335 e. The van der Waals surface area contributed by atoms with E-state index >= 15 is 0 Å². The van der Waals surface area contributed by atoms with E-state index in [1.807, 2.05) is 4.72 Å². The lowest BCUT2D eigenvalue weighted by molar-refractivity contribution is -0.154. The summed E-state index contributed by atoms with van der Waals surface area (Å²) in [6, 6.07) is 5.58. The lowest BCUT2D eigenvalue weighted by Gasteiger charge is -2.14. The molecule has 0 fully saturated rings. The minimum atomic E-state index is -4.02. The van der Waals surface area contributed by atoms with Crippen molar-refractivity contribution in [2.45, 2.75) is 10.9 Å². The number of ether oxygens (including phenoxy) is 2. The number of hydrogen-bond acceptors (Lipinski definition) is 6. The van der Waals surface area contributed by atoms with Crippen LogP contribution in [0.3, 0.4) is 0 Å². The third-order valence-corrected chi connectivity index (χ3v) is 3.64. The van der Waals surface area contributed by atoms with Gasteiger partial charge < -0.3 is 9.47 Å². The van der Waals surface area contributed by atoms with E-state index in [0.29, 0.717) is 0 Å². The number of carbonyl (C=O) groups is 2. The van der Waals surface area contributed by atoms with Gasteiger partial charge in [-0.2, -0.15) is 4.72 Å². The quantitative estimate of drug-likeness (QED) is 0.588. The Labute approximate surface area is 110 Å². The zero-order valence-electron chi connectivity index (χ0n) is 10.3. The third kappa shape index (κ3) is 3.76. The molecule has 7 nitrogen and oxygen atoms in total. The van der Waals surface area contributed by atoms with Gasteiger partial charge in [0.05, 0.1) is 19.1 Å². The minimum absolute atomic E-state index is 0.0761. The summed E-state index contributed by atoms with van der Waals surface area (Å²) in [7, 11) is -1.95. The molecule has 0 unspecified atom stereocenters. The Hall–Kier alpha value is -1.93. The fraction of sp³-hybridized carbons (Fsp3) is 0.273. The lowest BCUT2D eigenvalue weighted by atomic mass is 10.3. The average molecular weight is 287 g/mol. The number of esters is 2. The Kier molecular flexibility index (Phi) is 5.02. The summed E-state index contributed by atoms with van der Waals surface area (Å²) in [6.07, 6.45) is 0. The average Bonchev–Trinajstić information content (AvgIpc) is 2.44. The summed E-state index contributed by atoms with van der Waals surface area (Å²) in [4.78, 5) is 22.7. The second-order valence-electron chi connectivity index (χ2n) is 3.41. The summed E-state index contributed by atoms with van der Waals surface area (Å²) in [5, 5.41) is 0. The van der Waals surface area contributed by atoms with Gasteiger partial charge in [-0.1, -0.05) is 18.2 Å². The standard InChI is InChI=1S/C11H13NO6S/c1-17-10(13)9(11(14)18-2)12-19(15,16)8-6-4-3-5-7-8/h3-7,9,12H,1-2H3. The van der Waals surface area contributed by atoms with Crippen molar-refractivity contribution in [3.05, 3.63) is 30.3 Å². The number of carbonyl (C=O) groups excluding carboxylic acids is 2. The molecule has 0 saturated heterocycles. The van der Waals surface area contributed by atoms with Crippen molar-refractivity contribution in [3.63, 3.8) is 0 Å². The Balaban J connectivity index is 3.03. The van der Waals surface area contributed by atoms with Gasteiger partial charge in [-0.05, 0) is 12.1 Å². The number of nitrogens with one attached hydrogen (secondary N) is 1. The third-order valence-electron chi connectivity index (χ3n) is 2.20. The lowest BCUT2D eigenvalue weighted by Crippen LogP contribution is -2.47. The number of methoxy groups -OCH3 is 2. The first-order valence-corrected chi connectivity index (χ1v) is 6.63. The van der Waals surface area contributed by atoms with Crippen molar-refractivity contribution >= 4 is 22.0 Å². The topological polar surface area (TPSA) is 98.8 Å². The first-order valence-electron chi connectivity index (χ1n) is 5.15. The van der Waals surface area contributed by atoms with Crippen molar-refractivity contribution in [3.8, 4) is 0 Å². The summed E-state index contributed by atoms with van der Waals surface area (Å²) < 4.78 is 34.5. The second-order valence-corrected chi connectivity index (χ2v) is 5.13. The molecular formula is C11H13NO6S. The fourth-order valence-corrected chi connectivity index (χ4v) is 2.41. The van der Waals surface area contributed by atoms with Gasteiger partial charge in [0.15, 0.2) is 0 Å². The van der Waals surface area contributed by atoms with Gasteiger partial charge >= 0.3 is 11.9 Å². The highest BCUT2D eigenvalue weighted by atomic mass is 32.2. The molecule has 0 aromatic heterocycles. The molecule has 0 atom stereocenters. The van der Waals surface area contributed by atoms with Gasteiger partial charge in [-0.15, -0.1) is 0 Å². The van der Waals surface area contributed by atoms with Crippen LogP contribution in [0.15, 0.2) is 35.2 Å². The van der Waals surface area contributed by atoms with Gasteiger partial charge in [-0.3, -0.25) is 0 Å². The van der Waals surface area contributed by atoms with Crippen LogP contribution in [0.2, 0.25) is 0 Å². The maximum Gasteiger partial charge on any atom is 0.335 e. The van der Waals surface area contributed by atoms with Crippen LogP contribution in [0.25, 0.3) is 0 Å². The molecule has 0 aliphatic rings. The van der Waals surface area contributed by atoms with E-state index in [2.05, 4.69) is 9.47 Å². The summed E-state index contributed by atoms with van der Waals surface area (Å²) in [5.41, 5.74) is 0. The second kappa shape index (κ2) is 6.30. The molecule has 104 valence electrons. The van der Waals surface area contributed by atoms with E-state index in [4.69, 9.17) is 0 Å². The Morgan fingerprint density at radius 3 is 1.95 bits per heavy atom. The SMILES string of the molecule is COC(=O)C(NS(=O)(=O)c1ccccc1)C(=O)OC. The maximum absolute atomic E-state index is 12.0. The van der Waals surface area contributed by atoms with E-state index in [-0.39, 0.29) is 4.90 Å². The molecule has 0 aliphatic carbocycles. The van der Waals surface area contributed by atoms with Crippen LogP contribution in [-0.2, 0) is 29.1 Å². The highest BCUT2D eigenvalue weighted by Crippen LogP contribution is 2.08. The molecule has 1 rings (SSSR count). The van der Waals surface area contributed by atoms with Gasteiger partial charge in [0.2, 0.25) is 16.1 Å². The molecule has 0 saturated carbocycles. The van der Waals surface area contributed by atoms with Crippen LogP contribution < -0.4 is 4.72 Å². The van der Waals surface area contributed by atoms with Crippen LogP contribution in [0, 0.1) is 0 Å². The zero-order valence-corrected chi connectivity index (χ0v) is 11.1. The molecule has 0 radical (unpaired) electrons. The molecule has 8 heteroatoms. The minimum Gasteiger partial charge on any atom is -0.467 e. The van der Waals surface area contributed by atoms with Gasteiger partial charge in [0.25, 0.3) is 0 Å². The molecule has 1 aromatic rings. The van der Waals surface area contributed by atoms with Crippen LogP contribution in [0.1, 0.15) is 0 Å². The summed E-state index contributed by atoms with van der Waals surface area (Å²) in [5.74, 6) is -2.10.